The Morgan fingerprint density at radius 3 is 1.62 bits per heavy atom. The van der Waals surface area contributed by atoms with E-state index in [1.807, 2.05) is 13.8 Å². The first-order chi connectivity index (χ1) is 16.6. The van der Waals surface area contributed by atoms with Gasteiger partial charge in [0.2, 0.25) is 0 Å². The summed E-state index contributed by atoms with van der Waals surface area (Å²) in [7, 11) is -1.30. The molecule has 0 spiro atoms. The van der Waals surface area contributed by atoms with E-state index in [1.165, 1.54) is 28.1 Å². The van der Waals surface area contributed by atoms with Gasteiger partial charge >= 0.3 is 74.8 Å². The van der Waals surface area contributed by atoms with Gasteiger partial charge in [-0.1, -0.05) is 18.2 Å². The molecule has 2 rings (SSSR count). The summed E-state index contributed by atoms with van der Waals surface area (Å²) in [6, 6.07) is 4.22. The molecular weight excluding hydrogens is 533 g/mol. The van der Waals surface area contributed by atoms with Crippen molar-refractivity contribution in [1.82, 2.24) is 0 Å². The van der Waals surface area contributed by atoms with Crippen LogP contribution in [0.4, 0.5) is 5.69 Å². The van der Waals surface area contributed by atoms with E-state index in [4.69, 9.17) is 5.32 Å². The van der Waals surface area contributed by atoms with Crippen LogP contribution in [0.1, 0.15) is 99.8 Å². The second-order valence-electron chi connectivity index (χ2n) is 14.6. The van der Waals surface area contributed by atoms with Crippen LogP contribution in [0.15, 0.2) is 51.6 Å². The van der Waals surface area contributed by atoms with Gasteiger partial charge in [-0.2, -0.15) is 0 Å². The van der Waals surface area contributed by atoms with Crippen molar-refractivity contribution in [3.05, 3.63) is 69.6 Å². The molecule has 0 saturated carbocycles. The Kier molecular flexibility index (Phi) is 12.3. The number of nitrogens with zero attached hydrogens (tertiary/aromatic N) is 2. The number of hydrogen-bond donors (Lipinski definition) is 0. The van der Waals surface area contributed by atoms with Crippen LogP contribution in [0.3, 0.4) is 0 Å². The SMILES string of the molecule is CC(C)(C)[PH+](/C=C1/C=CC=C(C[PH+](C(C)(C)C)C(C)(C)C)[N-]1)C(C)(C)C.Cc1cc(C)c([N]=[Co])c(C)c1. The zero-order valence-electron chi connectivity index (χ0n) is 26.4. The van der Waals surface area contributed by atoms with Crippen molar-refractivity contribution in [2.75, 3.05) is 6.16 Å². The van der Waals surface area contributed by atoms with E-state index >= 15 is 0 Å². The summed E-state index contributed by atoms with van der Waals surface area (Å²) in [5, 5.41) is 6.50. The topological polar surface area (TPSA) is 26.5 Å². The summed E-state index contributed by atoms with van der Waals surface area (Å²) in [4.78, 5) is 0. The summed E-state index contributed by atoms with van der Waals surface area (Å²) in [5.74, 6) is 2.51. The second-order valence-corrected chi connectivity index (χ2v) is 23.2. The molecule has 37 heavy (non-hydrogen) atoms. The molecule has 1 aromatic rings. The van der Waals surface area contributed by atoms with Crippen molar-refractivity contribution >= 4 is 21.5 Å². The number of allylic oxidation sites excluding steroid dienone is 4. The van der Waals surface area contributed by atoms with E-state index in [-0.39, 0.29) is 0 Å². The quantitative estimate of drug-likeness (QED) is 0.313. The van der Waals surface area contributed by atoms with Gasteiger partial charge in [0, 0.05) is 21.7 Å². The number of hydrogen-bond acceptors (Lipinski definition) is 1. The van der Waals surface area contributed by atoms with Crippen LogP contribution >= 0.6 is 15.8 Å². The van der Waals surface area contributed by atoms with Crippen molar-refractivity contribution in [2.24, 2.45) is 4.00 Å². The Morgan fingerprint density at radius 1 is 0.784 bits per heavy atom. The Morgan fingerprint density at radius 2 is 1.24 bits per heavy atom. The number of rotatable bonds is 4. The van der Waals surface area contributed by atoms with E-state index in [2.05, 4.69) is 146 Å². The molecule has 0 radical (unpaired) electrons. The molecule has 5 heteroatoms. The van der Waals surface area contributed by atoms with Gasteiger partial charge in [-0.05, 0) is 83.1 Å². The van der Waals surface area contributed by atoms with Crippen molar-refractivity contribution in [3.63, 3.8) is 0 Å². The van der Waals surface area contributed by atoms with E-state index < -0.39 is 15.8 Å². The molecule has 0 bridgehead atoms. The van der Waals surface area contributed by atoms with Crippen LogP contribution in [0.25, 0.3) is 5.32 Å². The molecule has 0 aliphatic carbocycles. The van der Waals surface area contributed by atoms with Crippen molar-refractivity contribution < 1.29 is 15.5 Å². The molecule has 1 aromatic carbocycles. The third-order valence-corrected chi connectivity index (χ3v) is 15.0. The Balaban J connectivity index is 0.000000516. The van der Waals surface area contributed by atoms with E-state index in [0.29, 0.717) is 20.6 Å². The van der Waals surface area contributed by atoms with Crippen LogP contribution in [-0.2, 0) is 15.5 Å². The van der Waals surface area contributed by atoms with Crippen LogP contribution in [0.5, 0.6) is 0 Å². The maximum absolute atomic E-state index is 5.10. The molecule has 1 heterocycles. The molecule has 0 N–H and O–H groups in total. The van der Waals surface area contributed by atoms with Gasteiger partial charge in [0.25, 0.3) is 0 Å². The van der Waals surface area contributed by atoms with Gasteiger partial charge in [0.1, 0.15) is 0 Å². The molecule has 1 aliphatic rings. The normalized spacial score (nSPS) is 15.9. The molecule has 0 fully saturated rings. The molecule has 1 aliphatic heterocycles. The molecule has 0 saturated heterocycles. The molecule has 0 unspecified atom stereocenters. The monoisotopic (exact) mass is 588 g/mol. The van der Waals surface area contributed by atoms with Gasteiger partial charge in [0.15, 0.2) is 0 Å². The van der Waals surface area contributed by atoms with Gasteiger partial charge in [-0.15, -0.1) is 11.4 Å². The van der Waals surface area contributed by atoms with Crippen LogP contribution in [0.2, 0.25) is 0 Å². The van der Waals surface area contributed by atoms with Crippen molar-refractivity contribution in [1.29, 1.82) is 0 Å². The first kappa shape index (κ1) is 34.4. The predicted octanol–water partition coefficient (Wildman–Crippen LogP) is 11.3. The molecule has 0 aromatic heterocycles. The Labute approximate surface area is 240 Å². The van der Waals surface area contributed by atoms with E-state index in [9.17, 15) is 0 Å². The average Bonchev–Trinajstić information content (AvgIpc) is 2.67. The fraction of sp³-hybridized carbons (Fsp3) is 0.625. The summed E-state index contributed by atoms with van der Waals surface area (Å²) >= 11 is 3.96. The van der Waals surface area contributed by atoms with Gasteiger partial charge < -0.3 is 5.32 Å². The van der Waals surface area contributed by atoms with Crippen LogP contribution in [0, 0.1) is 20.8 Å². The van der Waals surface area contributed by atoms with Gasteiger partial charge in [0.05, 0.1) is 26.8 Å². The zero-order chi connectivity index (χ0) is 29.0. The zero-order valence-corrected chi connectivity index (χ0v) is 29.4. The molecule has 0 amide bonds. The average molecular weight is 589 g/mol. The first-order valence-electron chi connectivity index (χ1n) is 13.5. The molecule has 211 valence electrons. The predicted molar refractivity (Wildman–Crippen MR) is 172 cm³/mol. The number of aryl methyl sites for hydroxylation is 3. The first-order valence-corrected chi connectivity index (χ1v) is 17.3. The van der Waals surface area contributed by atoms with Gasteiger partial charge in [-0.3, -0.25) is 0 Å². The van der Waals surface area contributed by atoms with Crippen LogP contribution < -0.4 is 0 Å². The Hall–Kier alpha value is -0.594. The third kappa shape index (κ3) is 11.2. The third-order valence-electron chi connectivity index (χ3n) is 6.62. The second kappa shape index (κ2) is 13.2. The molecule has 0 atom stereocenters. The van der Waals surface area contributed by atoms with Crippen molar-refractivity contribution in [2.45, 2.75) is 124 Å². The Bertz CT molecular complexity index is 972. The minimum absolute atomic E-state index is 0.326. The fourth-order valence-corrected chi connectivity index (χ4v) is 13.3. The summed E-state index contributed by atoms with van der Waals surface area (Å²) in [6.07, 6.45) is 7.79. The summed E-state index contributed by atoms with van der Waals surface area (Å²) in [5.41, 5.74) is 7.12. The van der Waals surface area contributed by atoms with Crippen molar-refractivity contribution in [3.8, 4) is 0 Å². The molecule has 2 nitrogen and oxygen atoms in total. The summed E-state index contributed by atoms with van der Waals surface area (Å²) in [6.45, 7) is 34.9. The maximum atomic E-state index is 5.10. The van der Waals surface area contributed by atoms with E-state index in [1.54, 1.807) is 0 Å². The minimum atomic E-state index is -0.708. The standard InChI is InChI=1S/C23H42NP2.C9H11N.Co/c1-20(2,3)25(21(4,5)6)16-18-14-13-15-19(24-18)17-26(22(7,8)9)23(10,11)12;1-6-4-7(2)9(10)8(3)5-6;/h13-16H,17H2,1-12H3;4-5H,1-3H3;/q-1;;/p+2/b18-16-;;. The van der Waals surface area contributed by atoms with Gasteiger partial charge in [-0.25, -0.2) is 0 Å². The number of benzene rings is 1. The fourth-order valence-electron chi connectivity index (χ4n) is 5.51. The summed E-state index contributed by atoms with van der Waals surface area (Å²) < 4.78 is 3.90. The van der Waals surface area contributed by atoms with E-state index in [0.717, 1.165) is 11.8 Å². The molecular formula is C32H55CoN2P2+. The van der Waals surface area contributed by atoms with Crippen LogP contribution in [-0.4, -0.2) is 26.8 Å².